The minimum absolute atomic E-state index is 0.00866. The maximum absolute atomic E-state index is 12.3. The summed E-state index contributed by atoms with van der Waals surface area (Å²) >= 11 is 1.70. The lowest BCUT2D eigenvalue weighted by molar-refractivity contribution is -0.138. The Morgan fingerprint density at radius 2 is 2.35 bits per heavy atom. The lowest BCUT2D eigenvalue weighted by Crippen LogP contribution is -2.54. The van der Waals surface area contributed by atoms with Crippen molar-refractivity contribution < 1.29 is 19.4 Å². The van der Waals surface area contributed by atoms with Gasteiger partial charge in [0.25, 0.3) is 0 Å². The normalized spacial score (nSPS) is 28.1. The summed E-state index contributed by atoms with van der Waals surface area (Å²) < 4.78 is 5.56. The number of rotatable bonds is 4. The average molecular weight is 302 g/mol. The Bertz CT molecular complexity index is 360. The highest BCUT2D eigenvalue weighted by atomic mass is 32.2. The molecular formula is C13H22N2O4S. The van der Waals surface area contributed by atoms with Crippen LogP contribution in [-0.4, -0.2) is 64.9 Å². The van der Waals surface area contributed by atoms with E-state index in [2.05, 4.69) is 5.32 Å². The Labute approximate surface area is 123 Å². The Kier molecular flexibility index (Phi) is 5.54. The molecule has 114 valence electrons. The topological polar surface area (TPSA) is 78.9 Å². The zero-order valence-corrected chi connectivity index (χ0v) is 12.5. The molecule has 7 heteroatoms. The summed E-state index contributed by atoms with van der Waals surface area (Å²) in [6.45, 7) is 3.30. The van der Waals surface area contributed by atoms with E-state index in [4.69, 9.17) is 9.84 Å². The number of aliphatic carboxylic acids is 1. The largest absolute Gasteiger partial charge is 0.481 e. The molecule has 0 saturated carbocycles. The van der Waals surface area contributed by atoms with Gasteiger partial charge in [-0.2, -0.15) is 11.8 Å². The van der Waals surface area contributed by atoms with Crippen molar-refractivity contribution in [2.75, 3.05) is 24.7 Å². The third kappa shape index (κ3) is 4.02. The number of carbonyl (C=O) groups is 2. The molecule has 20 heavy (non-hydrogen) atoms. The number of amides is 2. The van der Waals surface area contributed by atoms with E-state index >= 15 is 0 Å². The van der Waals surface area contributed by atoms with Gasteiger partial charge in [0, 0.05) is 24.7 Å². The number of carboxylic acids is 1. The van der Waals surface area contributed by atoms with Gasteiger partial charge in [-0.05, 0) is 19.8 Å². The summed E-state index contributed by atoms with van der Waals surface area (Å²) in [5.74, 6) is 0.689. The van der Waals surface area contributed by atoms with Crippen molar-refractivity contribution in [1.82, 2.24) is 10.2 Å². The third-order valence-corrected chi connectivity index (χ3v) is 4.86. The quantitative estimate of drug-likeness (QED) is 0.814. The van der Waals surface area contributed by atoms with Crippen LogP contribution >= 0.6 is 11.8 Å². The van der Waals surface area contributed by atoms with E-state index in [-0.39, 0.29) is 30.6 Å². The number of ether oxygens (including phenoxy) is 1. The lowest BCUT2D eigenvalue weighted by Gasteiger charge is -2.35. The lowest BCUT2D eigenvalue weighted by atomic mass is 10.1. The maximum atomic E-state index is 12.3. The van der Waals surface area contributed by atoms with Crippen LogP contribution in [0, 0.1) is 0 Å². The van der Waals surface area contributed by atoms with Crippen molar-refractivity contribution in [2.45, 2.75) is 44.4 Å². The Morgan fingerprint density at radius 1 is 1.55 bits per heavy atom. The van der Waals surface area contributed by atoms with Crippen LogP contribution < -0.4 is 5.32 Å². The zero-order valence-electron chi connectivity index (χ0n) is 11.7. The van der Waals surface area contributed by atoms with Crippen LogP contribution in [-0.2, 0) is 9.53 Å². The van der Waals surface area contributed by atoms with Gasteiger partial charge in [0.2, 0.25) is 0 Å². The van der Waals surface area contributed by atoms with Crippen LogP contribution in [0.1, 0.15) is 26.2 Å². The highest BCUT2D eigenvalue weighted by Crippen LogP contribution is 2.20. The maximum Gasteiger partial charge on any atom is 0.318 e. The van der Waals surface area contributed by atoms with Gasteiger partial charge in [0.15, 0.2) is 0 Å². The van der Waals surface area contributed by atoms with E-state index < -0.39 is 5.97 Å². The predicted octanol–water partition coefficient (Wildman–Crippen LogP) is 1.16. The minimum Gasteiger partial charge on any atom is -0.481 e. The molecule has 0 spiro atoms. The van der Waals surface area contributed by atoms with E-state index in [9.17, 15) is 9.59 Å². The molecule has 6 nitrogen and oxygen atoms in total. The molecule has 0 aromatic carbocycles. The van der Waals surface area contributed by atoms with Gasteiger partial charge in [-0.15, -0.1) is 0 Å². The average Bonchev–Trinajstić information content (AvgIpc) is 2.92. The molecule has 2 N–H and O–H groups in total. The summed E-state index contributed by atoms with van der Waals surface area (Å²) in [7, 11) is 0. The zero-order chi connectivity index (χ0) is 14.5. The second-order valence-corrected chi connectivity index (χ2v) is 6.46. The molecule has 0 aromatic rings. The summed E-state index contributed by atoms with van der Waals surface area (Å²) in [6, 6.07) is -0.424. The van der Waals surface area contributed by atoms with Crippen molar-refractivity contribution in [2.24, 2.45) is 0 Å². The van der Waals surface area contributed by atoms with Crippen molar-refractivity contribution >= 4 is 23.8 Å². The summed E-state index contributed by atoms with van der Waals surface area (Å²) in [5, 5.41) is 11.9. The van der Waals surface area contributed by atoms with Gasteiger partial charge in [-0.1, -0.05) is 0 Å². The van der Waals surface area contributed by atoms with E-state index in [1.165, 1.54) is 0 Å². The molecule has 2 aliphatic heterocycles. The van der Waals surface area contributed by atoms with E-state index in [0.717, 1.165) is 25.2 Å². The van der Waals surface area contributed by atoms with E-state index in [0.29, 0.717) is 12.3 Å². The number of nitrogens with zero attached hydrogens (tertiary/aromatic N) is 1. The molecule has 2 heterocycles. The summed E-state index contributed by atoms with van der Waals surface area (Å²) in [6.07, 6.45) is 2.09. The SMILES string of the molecule is CC(NC(=O)N1CCSCC1CC(=O)O)C1CCCO1. The molecule has 2 fully saturated rings. The molecule has 0 bridgehead atoms. The van der Waals surface area contributed by atoms with Crippen LogP contribution in [0.2, 0.25) is 0 Å². The van der Waals surface area contributed by atoms with Crippen molar-refractivity contribution in [3.05, 3.63) is 0 Å². The fraction of sp³-hybridized carbons (Fsp3) is 0.846. The standard InChI is InChI=1S/C13H22N2O4S/c1-9(11-3-2-5-19-11)14-13(18)15-4-6-20-8-10(15)7-12(16)17/h9-11H,2-8H2,1H3,(H,14,18)(H,16,17). The van der Waals surface area contributed by atoms with Crippen LogP contribution in [0.25, 0.3) is 0 Å². The molecular weight excluding hydrogens is 280 g/mol. The first-order valence-corrected chi connectivity index (χ1v) is 8.21. The number of urea groups is 1. The Hall–Kier alpha value is -0.950. The first kappa shape index (κ1) is 15.4. The van der Waals surface area contributed by atoms with Crippen LogP contribution in [0.5, 0.6) is 0 Å². The van der Waals surface area contributed by atoms with Gasteiger partial charge in [0.05, 0.1) is 24.6 Å². The number of carbonyl (C=O) groups excluding carboxylic acids is 1. The monoisotopic (exact) mass is 302 g/mol. The smallest absolute Gasteiger partial charge is 0.318 e. The Morgan fingerprint density at radius 3 is 3.00 bits per heavy atom. The van der Waals surface area contributed by atoms with E-state index in [1.54, 1.807) is 16.7 Å². The highest BCUT2D eigenvalue weighted by molar-refractivity contribution is 7.99. The molecule has 0 aliphatic carbocycles. The van der Waals surface area contributed by atoms with Crippen LogP contribution in [0.15, 0.2) is 0 Å². The van der Waals surface area contributed by atoms with Gasteiger partial charge in [-0.3, -0.25) is 4.79 Å². The molecule has 3 atom stereocenters. The second-order valence-electron chi connectivity index (χ2n) is 5.31. The summed E-state index contributed by atoms with van der Waals surface area (Å²) in [5.41, 5.74) is 0. The first-order chi connectivity index (χ1) is 9.58. The Balaban J connectivity index is 1.89. The van der Waals surface area contributed by atoms with Crippen molar-refractivity contribution in [3.8, 4) is 0 Å². The molecule has 2 saturated heterocycles. The number of hydrogen-bond donors (Lipinski definition) is 2. The second kappa shape index (κ2) is 7.17. The van der Waals surface area contributed by atoms with Gasteiger partial charge in [-0.25, -0.2) is 4.79 Å². The molecule has 3 unspecified atom stereocenters. The van der Waals surface area contributed by atoms with Gasteiger partial charge >= 0.3 is 12.0 Å². The molecule has 2 amide bonds. The van der Waals surface area contributed by atoms with Gasteiger partial charge in [0.1, 0.15) is 0 Å². The minimum atomic E-state index is -0.859. The number of nitrogens with one attached hydrogen (secondary N) is 1. The van der Waals surface area contributed by atoms with Crippen molar-refractivity contribution in [3.63, 3.8) is 0 Å². The number of hydrogen-bond acceptors (Lipinski definition) is 4. The fourth-order valence-corrected chi connectivity index (χ4v) is 3.72. The fourth-order valence-electron chi connectivity index (χ4n) is 2.66. The number of thioether (sulfide) groups is 1. The van der Waals surface area contributed by atoms with Crippen LogP contribution in [0.3, 0.4) is 0 Å². The third-order valence-electron chi connectivity index (χ3n) is 3.77. The summed E-state index contributed by atoms with van der Waals surface area (Å²) in [4.78, 5) is 24.9. The number of carboxylic acid groups (broad SMARTS) is 1. The molecule has 0 radical (unpaired) electrons. The predicted molar refractivity (Wildman–Crippen MR) is 77.0 cm³/mol. The molecule has 2 rings (SSSR count). The molecule has 0 aromatic heterocycles. The molecule has 2 aliphatic rings. The van der Waals surface area contributed by atoms with Gasteiger partial charge < -0.3 is 20.1 Å². The highest BCUT2D eigenvalue weighted by Gasteiger charge is 2.31. The van der Waals surface area contributed by atoms with E-state index in [1.807, 2.05) is 6.92 Å². The van der Waals surface area contributed by atoms with Crippen LogP contribution in [0.4, 0.5) is 4.79 Å². The first-order valence-electron chi connectivity index (χ1n) is 7.06. The van der Waals surface area contributed by atoms with Crippen molar-refractivity contribution in [1.29, 1.82) is 0 Å².